The molecule has 0 radical (unpaired) electrons. The van der Waals surface area contributed by atoms with Crippen LogP contribution in [0.25, 0.3) is 0 Å². The second-order valence-corrected chi connectivity index (χ2v) is 5.89. The van der Waals surface area contributed by atoms with Gasteiger partial charge in [0.1, 0.15) is 0 Å². The van der Waals surface area contributed by atoms with Crippen LogP contribution in [0.15, 0.2) is 22.3 Å². The van der Waals surface area contributed by atoms with Crippen LogP contribution in [0, 0.1) is 16.0 Å². The molecule has 0 heterocycles. The van der Waals surface area contributed by atoms with E-state index in [0.717, 1.165) is 0 Å². The standard InChI is InChI=1S/C16H21NO7/c1-9-10(2)16(21)13(11(3)15(9)20)6-4-5-12(7-14(18)19)8-24-17(22)23/h12H,4-8H2,1-3H3,(H,18,19). The van der Waals surface area contributed by atoms with E-state index in [0.29, 0.717) is 41.6 Å². The summed E-state index contributed by atoms with van der Waals surface area (Å²) in [5, 5.41) is 18.1. The Labute approximate surface area is 139 Å². The van der Waals surface area contributed by atoms with Gasteiger partial charge in [0, 0.05) is 28.7 Å². The van der Waals surface area contributed by atoms with E-state index in [1.165, 1.54) is 0 Å². The summed E-state index contributed by atoms with van der Waals surface area (Å²) in [6.45, 7) is 4.53. The second-order valence-electron chi connectivity index (χ2n) is 5.89. The maximum Gasteiger partial charge on any atom is 0.303 e. The Morgan fingerprint density at radius 3 is 2.29 bits per heavy atom. The molecular formula is C16H21NO7. The summed E-state index contributed by atoms with van der Waals surface area (Å²) in [5.41, 5.74) is 1.73. The van der Waals surface area contributed by atoms with Crippen molar-refractivity contribution in [3.8, 4) is 0 Å². The minimum absolute atomic E-state index is 0.152. The Morgan fingerprint density at radius 1 is 1.17 bits per heavy atom. The molecule has 1 aliphatic carbocycles. The van der Waals surface area contributed by atoms with Gasteiger partial charge in [-0.2, -0.15) is 0 Å². The average Bonchev–Trinajstić information content (AvgIpc) is 2.51. The number of carbonyl (C=O) groups excluding carboxylic acids is 2. The molecule has 0 bridgehead atoms. The largest absolute Gasteiger partial charge is 0.481 e. The lowest BCUT2D eigenvalue weighted by Gasteiger charge is -2.19. The molecule has 0 saturated heterocycles. The molecule has 0 amide bonds. The second kappa shape index (κ2) is 8.37. The van der Waals surface area contributed by atoms with Crippen molar-refractivity contribution in [1.29, 1.82) is 0 Å². The molecule has 0 aromatic carbocycles. The number of carboxylic acid groups (broad SMARTS) is 1. The van der Waals surface area contributed by atoms with Crippen molar-refractivity contribution in [2.45, 2.75) is 46.5 Å². The minimum atomic E-state index is -1.07. The number of carbonyl (C=O) groups is 3. The summed E-state index contributed by atoms with van der Waals surface area (Å²) in [4.78, 5) is 49.7. The molecule has 1 unspecified atom stereocenters. The van der Waals surface area contributed by atoms with Gasteiger partial charge >= 0.3 is 5.97 Å². The highest BCUT2D eigenvalue weighted by atomic mass is 16.9. The number of ketones is 2. The molecule has 1 aliphatic rings. The molecule has 8 heteroatoms. The smallest absolute Gasteiger partial charge is 0.303 e. The van der Waals surface area contributed by atoms with E-state index in [1.54, 1.807) is 20.8 Å². The Hall–Kier alpha value is -2.51. The number of Topliss-reactive ketones (excluding diaryl/α,β-unsaturated/α-hetero) is 2. The molecule has 24 heavy (non-hydrogen) atoms. The molecule has 132 valence electrons. The van der Waals surface area contributed by atoms with E-state index >= 15 is 0 Å². The van der Waals surface area contributed by atoms with Gasteiger partial charge in [-0.05, 0) is 46.0 Å². The van der Waals surface area contributed by atoms with Crippen molar-refractivity contribution in [2.75, 3.05) is 6.61 Å². The summed E-state index contributed by atoms with van der Waals surface area (Å²) in [6, 6.07) is 0. The van der Waals surface area contributed by atoms with Crippen LogP contribution in [0.1, 0.15) is 46.5 Å². The summed E-state index contributed by atoms with van der Waals surface area (Å²) < 4.78 is 0. The fourth-order valence-electron chi connectivity index (χ4n) is 2.68. The number of hydrogen-bond donors (Lipinski definition) is 1. The van der Waals surface area contributed by atoms with Crippen LogP contribution in [0.4, 0.5) is 0 Å². The number of hydrogen-bond acceptors (Lipinski definition) is 6. The summed E-state index contributed by atoms with van der Waals surface area (Å²) in [5.74, 6) is -1.91. The predicted octanol–water partition coefficient (Wildman–Crippen LogP) is 2.26. The molecule has 0 aromatic heterocycles. The van der Waals surface area contributed by atoms with E-state index in [4.69, 9.17) is 5.11 Å². The fraction of sp³-hybridized carbons (Fsp3) is 0.562. The Balaban J connectivity index is 2.69. The molecule has 1 atom stereocenters. The zero-order chi connectivity index (χ0) is 18.4. The minimum Gasteiger partial charge on any atom is -0.481 e. The van der Waals surface area contributed by atoms with Crippen LogP contribution in [0.2, 0.25) is 0 Å². The Kier molecular flexibility index (Phi) is 6.82. The van der Waals surface area contributed by atoms with Gasteiger partial charge in [-0.15, -0.1) is 10.1 Å². The van der Waals surface area contributed by atoms with Crippen LogP contribution in [-0.2, 0) is 19.2 Å². The number of allylic oxidation sites excluding steroid dienone is 4. The third-order valence-corrected chi connectivity index (χ3v) is 4.23. The lowest BCUT2D eigenvalue weighted by molar-refractivity contribution is -0.759. The van der Waals surface area contributed by atoms with Crippen molar-refractivity contribution >= 4 is 17.5 Å². The van der Waals surface area contributed by atoms with Crippen molar-refractivity contribution in [2.24, 2.45) is 5.92 Å². The summed E-state index contributed by atoms with van der Waals surface area (Å²) in [6.07, 6.45) is 0.865. The summed E-state index contributed by atoms with van der Waals surface area (Å²) >= 11 is 0. The molecule has 1 N–H and O–H groups in total. The van der Waals surface area contributed by atoms with Crippen molar-refractivity contribution in [3.63, 3.8) is 0 Å². The Morgan fingerprint density at radius 2 is 1.75 bits per heavy atom. The van der Waals surface area contributed by atoms with Crippen LogP contribution >= 0.6 is 0 Å². The summed E-state index contributed by atoms with van der Waals surface area (Å²) in [7, 11) is 0. The molecule has 1 rings (SSSR count). The lowest BCUT2D eigenvalue weighted by Crippen LogP contribution is -2.21. The molecule has 0 fully saturated rings. The van der Waals surface area contributed by atoms with Crippen LogP contribution in [0.3, 0.4) is 0 Å². The Bertz CT molecular complexity index is 630. The third-order valence-electron chi connectivity index (χ3n) is 4.23. The zero-order valence-electron chi connectivity index (χ0n) is 14.0. The lowest BCUT2D eigenvalue weighted by atomic mass is 9.83. The number of aliphatic carboxylic acids is 1. The van der Waals surface area contributed by atoms with Crippen molar-refractivity contribution in [1.82, 2.24) is 0 Å². The van der Waals surface area contributed by atoms with E-state index in [2.05, 4.69) is 4.84 Å². The number of carboxylic acids is 1. The normalized spacial score (nSPS) is 16.5. The monoisotopic (exact) mass is 339 g/mol. The first-order valence-corrected chi connectivity index (χ1v) is 7.60. The zero-order valence-corrected chi connectivity index (χ0v) is 14.0. The first-order chi connectivity index (χ1) is 11.1. The van der Waals surface area contributed by atoms with E-state index in [9.17, 15) is 24.5 Å². The highest BCUT2D eigenvalue weighted by Crippen LogP contribution is 2.28. The molecule has 0 aromatic rings. The van der Waals surface area contributed by atoms with Gasteiger partial charge in [0.25, 0.3) is 5.09 Å². The van der Waals surface area contributed by atoms with Gasteiger partial charge in [0.05, 0.1) is 6.61 Å². The van der Waals surface area contributed by atoms with E-state index in [-0.39, 0.29) is 24.6 Å². The van der Waals surface area contributed by atoms with Gasteiger partial charge < -0.3 is 9.94 Å². The molecule has 0 aliphatic heterocycles. The molecular weight excluding hydrogens is 318 g/mol. The van der Waals surface area contributed by atoms with Gasteiger partial charge in [0.2, 0.25) is 0 Å². The first kappa shape index (κ1) is 19.5. The van der Waals surface area contributed by atoms with Gasteiger partial charge in [-0.3, -0.25) is 14.4 Å². The number of rotatable bonds is 9. The highest BCUT2D eigenvalue weighted by Gasteiger charge is 2.27. The van der Waals surface area contributed by atoms with Crippen LogP contribution in [-0.4, -0.2) is 34.3 Å². The molecule has 8 nitrogen and oxygen atoms in total. The topological polar surface area (TPSA) is 124 Å². The maximum absolute atomic E-state index is 12.3. The quantitative estimate of drug-likeness (QED) is 0.388. The van der Waals surface area contributed by atoms with E-state index in [1.807, 2.05) is 0 Å². The van der Waals surface area contributed by atoms with E-state index < -0.39 is 17.0 Å². The average molecular weight is 339 g/mol. The maximum atomic E-state index is 12.3. The SMILES string of the molecule is CC1=C(C)C(=O)C(CCCC(CO[N+](=O)[O-])CC(=O)O)=C(C)C1=O. The van der Waals surface area contributed by atoms with Gasteiger partial charge in [0.15, 0.2) is 11.6 Å². The van der Waals surface area contributed by atoms with Crippen molar-refractivity contribution in [3.05, 3.63) is 32.4 Å². The highest BCUT2D eigenvalue weighted by molar-refractivity contribution is 6.24. The molecule has 0 saturated carbocycles. The molecule has 0 spiro atoms. The van der Waals surface area contributed by atoms with Crippen LogP contribution < -0.4 is 0 Å². The predicted molar refractivity (Wildman–Crippen MR) is 83.6 cm³/mol. The third kappa shape index (κ3) is 5.00. The van der Waals surface area contributed by atoms with Gasteiger partial charge in [-0.1, -0.05) is 0 Å². The van der Waals surface area contributed by atoms with Gasteiger partial charge in [-0.25, -0.2) is 0 Å². The fourth-order valence-corrected chi connectivity index (χ4v) is 2.68. The number of nitrogens with zero attached hydrogens (tertiary/aromatic N) is 1. The van der Waals surface area contributed by atoms with Crippen LogP contribution in [0.5, 0.6) is 0 Å². The first-order valence-electron chi connectivity index (χ1n) is 7.60. The van der Waals surface area contributed by atoms with Crippen molar-refractivity contribution < 1.29 is 29.4 Å².